The fourth-order valence-corrected chi connectivity index (χ4v) is 1.97. The predicted molar refractivity (Wildman–Crippen MR) is 82.3 cm³/mol. The molecule has 0 spiro atoms. The molecule has 0 saturated heterocycles. The first-order chi connectivity index (χ1) is 10.4. The molecule has 0 heterocycles. The van der Waals surface area contributed by atoms with Crippen molar-refractivity contribution in [1.82, 2.24) is 5.43 Å². The zero-order valence-corrected chi connectivity index (χ0v) is 12.6. The Labute approximate surface area is 133 Å². The Morgan fingerprint density at radius 3 is 2.27 bits per heavy atom. The van der Waals surface area contributed by atoms with Crippen molar-refractivity contribution in [3.8, 4) is 23.0 Å². The largest absolute Gasteiger partial charge is 0.507 e. The van der Waals surface area contributed by atoms with Gasteiger partial charge in [-0.25, -0.2) is 5.43 Å². The van der Waals surface area contributed by atoms with E-state index in [1.165, 1.54) is 12.3 Å². The molecule has 0 atom stereocenters. The summed E-state index contributed by atoms with van der Waals surface area (Å²) in [7, 11) is 0. The fourth-order valence-electron chi connectivity index (χ4n) is 1.57. The first kappa shape index (κ1) is 15.6. The smallest absolute Gasteiger partial charge is 0.271 e. The molecule has 0 aliphatic carbocycles. The molecule has 0 fully saturated rings. The summed E-state index contributed by atoms with van der Waals surface area (Å²) >= 11 is 3.15. The van der Waals surface area contributed by atoms with Crippen LogP contribution in [0.3, 0.4) is 0 Å². The molecule has 0 aliphatic rings. The second-order valence-corrected chi connectivity index (χ2v) is 5.13. The minimum absolute atomic E-state index is 0.0724. The Balaban J connectivity index is 2.09. The number of hydrazone groups is 1. The number of hydrogen-bond acceptors (Lipinski definition) is 6. The van der Waals surface area contributed by atoms with E-state index in [1.807, 2.05) is 0 Å². The summed E-state index contributed by atoms with van der Waals surface area (Å²) in [6.07, 6.45) is 1.35. The van der Waals surface area contributed by atoms with Crippen LogP contribution in [0, 0.1) is 0 Å². The van der Waals surface area contributed by atoms with Crippen LogP contribution in [0.15, 0.2) is 39.9 Å². The minimum atomic E-state index is -0.700. The summed E-state index contributed by atoms with van der Waals surface area (Å²) < 4.78 is 0.483. The van der Waals surface area contributed by atoms with Gasteiger partial charge in [0.25, 0.3) is 5.91 Å². The number of aromatic hydroxyl groups is 4. The van der Waals surface area contributed by atoms with Crippen LogP contribution < -0.4 is 5.43 Å². The molecule has 0 saturated carbocycles. The second kappa shape index (κ2) is 6.35. The Kier molecular flexibility index (Phi) is 4.52. The molecule has 2 aromatic carbocycles. The van der Waals surface area contributed by atoms with Gasteiger partial charge in [0.05, 0.1) is 10.7 Å². The van der Waals surface area contributed by atoms with Crippen LogP contribution in [0.4, 0.5) is 0 Å². The summed E-state index contributed by atoms with van der Waals surface area (Å²) in [6, 6.07) is 6.65. The lowest BCUT2D eigenvalue weighted by Crippen LogP contribution is -2.17. The first-order valence-corrected chi connectivity index (χ1v) is 6.74. The summed E-state index contributed by atoms with van der Waals surface area (Å²) in [5.74, 6) is -2.53. The van der Waals surface area contributed by atoms with Crippen LogP contribution >= 0.6 is 15.9 Å². The molecular weight excluding hydrogens is 356 g/mol. The standard InChI is InChI=1S/C14H11BrN2O5/c15-9-3-7(1-2-10(9)18)6-16-17-14(22)8-4-11(19)13(21)12(20)5-8/h1-6,18-21H,(H,17,22). The number of nitrogens with one attached hydrogen (secondary N) is 1. The molecule has 8 heteroatoms. The molecule has 2 aromatic rings. The molecule has 5 N–H and O–H groups in total. The lowest BCUT2D eigenvalue weighted by molar-refractivity contribution is 0.0954. The molecule has 114 valence electrons. The van der Waals surface area contributed by atoms with Crippen molar-refractivity contribution in [2.75, 3.05) is 0 Å². The van der Waals surface area contributed by atoms with Crippen LogP contribution in [-0.2, 0) is 0 Å². The van der Waals surface area contributed by atoms with E-state index >= 15 is 0 Å². The highest BCUT2D eigenvalue weighted by atomic mass is 79.9. The second-order valence-electron chi connectivity index (χ2n) is 4.27. The molecule has 0 aliphatic heterocycles. The van der Waals surface area contributed by atoms with E-state index in [0.29, 0.717) is 10.0 Å². The summed E-state index contributed by atoms with van der Waals surface area (Å²) in [5.41, 5.74) is 2.76. The summed E-state index contributed by atoms with van der Waals surface area (Å²) in [5, 5.41) is 40.9. The molecular formula is C14H11BrN2O5. The zero-order chi connectivity index (χ0) is 16.3. The number of nitrogens with zero attached hydrogens (tertiary/aromatic N) is 1. The number of carbonyl (C=O) groups excluding carboxylic acids is 1. The van der Waals surface area contributed by atoms with Crippen molar-refractivity contribution in [2.45, 2.75) is 0 Å². The number of phenols is 4. The average molecular weight is 367 g/mol. The van der Waals surface area contributed by atoms with Crippen LogP contribution in [0.1, 0.15) is 15.9 Å². The molecule has 2 rings (SSSR count). The molecule has 0 aromatic heterocycles. The fraction of sp³-hybridized carbons (Fsp3) is 0. The van der Waals surface area contributed by atoms with E-state index in [1.54, 1.807) is 12.1 Å². The monoisotopic (exact) mass is 366 g/mol. The number of halogens is 1. The predicted octanol–water partition coefficient (Wildman–Crippen LogP) is 2.04. The van der Waals surface area contributed by atoms with Gasteiger partial charge in [-0.1, -0.05) is 0 Å². The third-order valence-electron chi connectivity index (χ3n) is 2.68. The van der Waals surface area contributed by atoms with Gasteiger partial charge < -0.3 is 20.4 Å². The third-order valence-corrected chi connectivity index (χ3v) is 3.32. The normalized spacial score (nSPS) is 10.8. The van der Waals surface area contributed by atoms with Crippen LogP contribution in [0.25, 0.3) is 0 Å². The maximum Gasteiger partial charge on any atom is 0.271 e. The van der Waals surface area contributed by atoms with Gasteiger partial charge in [-0.3, -0.25) is 4.79 Å². The quantitative estimate of drug-likeness (QED) is 0.323. The minimum Gasteiger partial charge on any atom is -0.507 e. The van der Waals surface area contributed by atoms with Gasteiger partial charge in [-0.2, -0.15) is 5.10 Å². The molecule has 0 unspecified atom stereocenters. The Bertz CT molecular complexity index is 738. The van der Waals surface area contributed by atoms with Crippen molar-refractivity contribution in [1.29, 1.82) is 0 Å². The van der Waals surface area contributed by atoms with Crippen molar-refractivity contribution in [2.24, 2.45) is 5.10 Å². The third kappa shape index (κ3) is 3.47. The van der Waals surface area contributed by atoms with Crippen molar-refractivity contribution < 1.29 is 25.2 Å². The van der Waals surface area contributed by atoms with E-state index in [-0.39, 0.29) is 11.3 Å². The number of hydrogen-bond donors (Lipinski definition) is 5. The topological polar surface area (TPSA) is 122 Å². The van der Waals surface area contributed by atoms with Gasteiger partial charge in [0.15, 0.2) is 17.2 Å². The number of amides is 1. The number of rotatable bonds is 3. The molecule has 7 nitrogen and oxygen atoms in total. The Morgan fingerprint density at radius 1 is 1.05 bits per heavy atom. The zero-order valence-electron chi connectivity index (χ0n) is 11.0. The highest BCUT2D eigenvalue weighted by Crippen LogP contribution is 2.35. The van der Waals surface area contributed by atoms with E-state index in [9.17, 15) is 25.2 Å². The average Bonchev–Trinajstić information content (AvgIpc) is 2.47. The van der Waals surface area contributed by atoms with Gasteiger partial charge >= 0.3 is 0 Å². The summed E-state index contributed by atoms with van der Waals surface area (Å²) in [4.78, 5) is 11.8. The number of benzene rings is 2. The van der Waals surface area contributed by atoms with Gasteiger partial charge in [-0.15, -0.1) is 0 Å². The lowest BCUT2D eigenvalue weighted by Gasteiger charge is -2.04. The van der Waals surface area contributed by atoms with Crippen LogP contribution in [-0.4, -0.2) is 32.5 Å². The first-order valence-electron chi connectivity index (χ1n) is 5.95. The summed E-state index contributed by atoms with van der Waals surface area (Å²) in [6.45, 7) is 0. The van der Waals surface area contributed by atoms with Crippen molar-refractivity contribution in [3.63, 3.8) is 0 Å². The maximum atomic E-state index is 11.8. The number of carbonyl (C=O) groups is 1. The Morgan fingerprint density at radius 2 is 1.68 bits per heavy atom. The molecule has 0 radical (unpaired) electrons. The highest BCUT2D eigenvalue weighted by molar-refractivity contribution is 9.10. The highest BCUT2D eigenvalue weighted by Gasteiger charge is 2.12. The van der Waals surface area contributed by atoms with Gasteiger partial charge in [0.2, 0.25) is 0 Å². The van der Waals surface area contributed by atoms with Crippen LogP contribution in [0.2, 0.25) is 0 Å². The molecule has 1 amide bonds. The van der Waals surface area contributed by atoms with E-state index < -0.39 is 23.2 Å². The van der Waals surface area contributed by atoms with Gasteiger partial charge in [0, 0.05) is 5.56 Å². The van der Waals surface area contributed by atoms with Gasteiger partial charge in [0.1, 0.15) is 5.75 Å². The van der Waals surface area contributed by atoms with Crippen molar-refractivity contribution >= 4 is 28.1 Å². The van der Waals surface area contributed by atoms with Crippen LogP contribution in [0.5, 0.6) is 23.0 Å². The SMILES string of the molecule is O=C(NN=Cc1ccc(O)c(Br)c1)c1cc(O)c(O)c(O)c1. The van der Waals surface area contributed by atoms with E-state index in [0.717, 1.165) is 12.1 Å². The maximum absolute atomic E-state index is 11.8. The number of phenolic OH excluding ortho intramolecular Hbond substituents is 4. The van der Waals surface area contributed by atoms with Gasteiger partial charge in [-0.05, 0) is 51.8 Å². The Hall–Kier alpha value is -2.74. The van der Waals surface area contributed by atoms with E-state index in [4.69, 9.17) is 0 Å². The van der Waals surface area contributed by atoms with E-state index in [2.05, 4.69) is 26.5 Å². The lowest BCUT2D eigenvalue weighted by atomic mass is 10.2. The molecule has 0 bridgehead atoms. The molecule has 22 heavy (non-hydrogen) atoms. The van der Waals surface area contributed by atoms with Crippen molar-refractivity contribution in [3.05, 3.63) is 45.9 Å².